The van der Waals surface area contributed by atoms with E-state index in [-0.39, 0.29) is 40.7 Å². The third-order valence-corrected chi connectivity index (χ3v) is 5.43. The molecule has 2 unspecified atom stereocenters. The van der Waals surface area contributed by atoms with Crippen LogP contribution in [0.4, 0.5) is 5.69 Å². The molecule has 1 amide bonds. The number of likely N-dealkylation sites (tertiary alicyclic amines) is 1. The number of amides is 1. The number of nitro groups is 1. The van der Waals surface area contributed by atoms with Crippen LogP contribution in [0.3, 0.4) is 0 Å². The number of hydrogen-bond acceptors (Lipinski definition) is 5. The highest BCUT2D eigenvalue weighted by atomic mass is 35.5. The van der Waals surface area contributed by atoms with E-state index in [2.05, 4.69) is 13.8 Å². The van der Waals surface area contributed by atoms with Crippen LogP contribution in [-0.4, -0.2) is 40.1 Å². The van der Waals surface area contributed by atoms with Crippen molar-refractivity contribution in [3.05, 3.63) is 34.4 Å². The summed E-state index contributed by atoms with van der Waals surface area (Å²) in [6.45, 7) is 7.40. The Kier molecular flexibility index (Phi) is 7.07. The number of nitrogens with zero attached hydrogens (tertiary/aromatic N) is 2. The van der Waals surface area contributed by atoms with Crippen molar-refractivity contribution in [1.82, 2.24) is 4.90 Å². The van der Waals surface area contributed by atoms with Crippen LogP contribution in [0.25, 0.3) is 0 Å². The molecule has 0 spiro atoms. The molecule has 1 aromatic carbocycles. The van der Waals surface area contributed by atoms with Crippen molar-refractivity contribution in [3.63, 3.8) is 0 Å². The minimum absolute atomic E-state index is 0. The molecule has 0 aliphatic carbocycles. The minimum Gasteiger partial charge on any atom is -0.341 e. The predicted octanol–water partition coefficient (Wildman–Crippen LogP) is 3.08. The van der Waals surface area contributed by atoms with Crippen molar-refractivity contribution >= 4 is 35.8 Å². The van der Waals surface area contributed by atoms with Gasteiger partial charge in [0.2, 0.25) is 5.91 Å². The fraction of sp³-hybridized carbons (Fsp3) is 0.562. The van der Waals surface area contributed by atoms with Crippen LogP contribution < -0.4 is 5.73 Å². The summed E-state index contributed by atoms with van der Waals surface area (Å²) in [7, 11) is 0. The first-order valence-electron chi connectivity index (χ1n) is 7.66. The molecule has 134 valence electrons. The van der Waals surface area contributed by atoms with Gasteiger partial charge in [-0.25, -0.2) is 0 Å². The first kappa shape index (κ1) is 20.7. The first-order valence-corrected chi connectivity index (χ1v) is 8.54. The van der Waals surface area contributed by atoms with Crippen LogP contribution >= 0.6 is 24.2 Å². The highest BCUT2D eigenvalue weighted by Gasteiger charge is 2.36. The summed E-state index contributed by atoms with van der Waals surface area (Å²) in [6.07, 6.45) is 0.813. The number of piperidine rings is 1. The Balaban J connectivity index is 0.00000288. The van der Waals surface area contributed by atoms with Gasteiger partial charge >= 0.3 is 0 Å². The molecular weight excluding hydrogens is 350 g/mol. The van der Waals surface area contributed by atoms with E-state index < -0.39 is 4.92 Å². The van der Waals surface area contributed by atoms with Crippen LogP contribution in [0, 0.1) is 15.5 Å². The van der Waals surface area contributed by atoms with Crippen LogP contribution in [0.15, 0.2) is 29.2 Å². The number of carbonyl (C=O) groups excluding carboxylic acids is 1. The molecular formula is C16H24ClN3O3S. The van der Waals surface area contributed by atoms with Gasteiger partial charge in [-0.1, -0.05) is 13.8 Å². The molecule has 1 aliphatic heterocycles. The summed E-state index contributed by atoms with van der Waals surface area (Å²) in [5.41, 5.74) is 6.09. The van der Waals surface area contributed by atoms with Gasteiger partial charge in [0, 0.05) is 36.2 Å². The number of rotatable bonds is 4. The number of thioether (sulfide) groups is 1. The van der Waals surface area contributed by atoms with Gasteiger partial charge in [-0.2, -0.15) is 0 Å². The van der Waals surface area contributed by atoms with Gasteiger partial charge < -0.3 is 10.6 Å². The van der Waals surface area contributed by atoms with Gasteiger partial charge in [0.25, 0.3) is 5.69 Å². The Hall–Kier alpha value is -1.31. The van der Waals surface area contributed by atoms with Gasteiger partial charge in [-0.3, -0.25) is 14.9 Å². The second kappa shape index (κ2) is 8.18. The molecule has 0 bridgehead atoms. The molecule has 1 saturated heterocycles. The summed E-state index contributed by atoms with van der Waals surface area (Å²) >= 11 is 1.42. The summed E-state index contributed by atoms with van der Waals surface area (Å²) in [5.74, 6) is 0.0910. The number of nitrogens with two attached hydrogens (primary N) is 1. The fourth-order valence-electron chi connectivity index (χ4n) is 2.72. The Bertz CT molecular complexity index is 595. The number of nitro benzene ring substituents is 1. The molecule has 0 aromatic heterocycles. The Labute approximate surface area is 152 Å². The molecule has 2 N–H and O–H groups in total. The van der Waals surface area contributed by atoms with Crippen molar-refractivity contribution in [2.45, 2.75) is 43.4 Å². The van der Waals surface area contributed by atoms with Crippen LogP contribution in [0.5, 0.6) is 0 Å². The number of benzene rings is 1. The van der Waals surface area contributed by atoms with Crippen LogP contribution in [-0.2, 0) is 4.79 Å². The normalized spacial score (nSPS) is 20.8. The zero-order chi connectivity index (χ0) is 17.2. The number of hydrogen-bond donors (Lipinski definition) is 1. The summed E-state index contributed by atoms with van der Waals surface area (Å²) in [4.78, 5) is 25.6. The van der Waals surface area contributed by atoms with Gasteiger partial charge in [0.1, 0.15) is 0 Å². The lowest BCUT2D eigenvalue weighted by atomic mass is 9.79. The number of non-ortho nitro benzene ring substituents is 1. The molecule has 1 aromatic rings. The molecule has 0 saturated carbocycles. The van der Waals surface area contributed by atoms with Crippen molar-refractivity contribution < 1.29 is 9.72 Å². The van der Waals surface area contributed by atoms with Gasteiger partial charge in [-0.05, 0) is 30.9 Å². The second-order valence-corrected chi connectivity index (χ2v) is 8.07. The maximum Gasteiger partial charge on any atom is 0.269 e. The van der Waals surface area contributed by atoms with E-state index in [1.165, 1.54) is 23.9 Å². The molecule has 1 aliphatic rings. The number of halogens is 1. The smallest absolute Gasteiger partial charge is 0.269 e. The quantitative estimate of drug-likeness (QED) is 0.497. The topological polar surface area (TPSA) is 89.5 Å². The molecule has 2 atom stereocenters. The highest BCUT2D eigenvalue weighted by Crippen LogP contribution is 2.31. The molecule has 1 heterocycles. The maximum atomic E-state index is 12.6. The molecule has 24 heavy (non-hydrogen) atoms. The largest absolute Gasteiger partial charge is 0.341 e. The van der Waals surface area contributed by atoms with E-state index in [4.69, 9.17) is 5.73 Å². The average molecular weight is 374 g/mol. The molecule has 6 nitrogen and oxygen atoms in total. The van der Waals surface area contributed by atoms with E-state index >= 15 is 0 Å². The minimum atomic E-state index is -0.428. The molecule has 8 heteroatoms. The summed E-state index contributed by atoms with van der Waals surface area (Å²) in [6, 6.07) is 6.40. The summed E-state index contributed by atoms with van der Waals surface area (Å²) < 4.78 is 0. The zero-order valence-corrected chi connectivity index (χ0v) is 15.7. The highest BCUT2D eigenvalue weighted by molar-refractivity contribution is 8.00. The Morgan fingerprint density at radius 3 is 2.50 bits per heavy atom. The van der Waals surface area contributed by atoms with Crippen molar-refractivity contribution in [2.24, 2.45) is 11.1 Å². The maximum absolute atomic E-state index is 12.6. The zero-order valence-electron chi connectivity index (χ0n) is 14.1. The van der Waals surface area contributed by atoms with Crippen molar-refractivity contribution in [2.75, 3.05) is 13.1 Å². The molecule has 2 rings (SSSR count). The third-order valence-electron chi connectivity index (χ3n) is 4.33. The lowest BCUT2D eigenvalue weighted by Gasteiger charge is -2.43. The summed E-state index contributed by atoms with van der Waals surface area (Å²) in [5, 5.41) is 10.4. The van der Waals surface area contributed by atoms with E-state index in [1.54, 1.807) is 12.1 Å². The van der Waals surface area contributed by atoms with E-state index in [9.17, 15) is 14.9 Å². The van der Waals surface area contributed by atoms with Crippen molar-refractivity contribution in [3.8, 4) is 0 Å². The first-order chi connectivity index (χ1) is 10.7. The number of carbonyl (C=O) groups is 1. The van der Waals surface area contributed by atoms with Gasteiger partial charge in [-0.15, -0.1) is 24.2 Å². The van der Waals surface area contributed by atoms with Crippen LogP contribution in [0.2, 0.25) is 0 Å². The molecule has 0 radical (unpaired) electrons. The van der Waals surface area contributed by atoms with Crippen LogP contribution in [0.1, 0.15) is 27.2 Å². The lowest BCUT2D eigenvalue weighted by Crippen LogP contribution is -2.55. The third kappa shape index (κ3) is 4.84. The van der Waals surface area contributed by atoms with Crippen molar-refractivity contribution in [1.29, 1.82) is 0 Å². The van der Waals surface area contributed by atoms with E-state index in [0.29, 0.717) is 13.1 Å². The SMILES string of the molecule is CC(Sc1ccc([N+](=O)[O-])cc1)C(=O)N1CCC(N)C(C)(C)C1.Cl. The van der Waals surface area contributed by atoms with Gasteiger partial charge in [0.15, 0.2) is 0 Å². The average Bonchev–Trinajstić information content (AvgIpc) is 2.49. The molecule has 1 fully saturated rings. The second-order valence-electron chi connectivity index (χ2n) is 6.65. The Morgan fingerprint density at radius 1 is 1.42 bits per heavy atom. The monoisotopic (exact) mass is 373 g/mol. The van der Waals surface area contributed by atoms with Gasteiger partial charge in [0.05, 0.1) is 10.2 Å². The Morgan fingerprint density at radius 2 is 2.00 bits per heavy atom. The lowest BCUT2D eigenvalue weighted by molar-refractivity contribution is -0.384. The van der Waals surface area contributed by atoms with E-state index in [0.717, 1.165) is 11.3 Å². The fourth-order valence-corrected chi connectivity index (χ4v) is 3.67. The van der Waals surface area contributed by atoms with E-state index in [1.807, 2.05) is 11.8 Å². The predicted molar refractivity (Wildman–Crippen MR) is 98.6 cm³/mol. The standard InChI is InChI=1S/C16H23N3O3S.ClH/c1-11(23-13-6-4-12(5-7-13)19(21)22)15(20)18-9-8-14(17)16(2,3)10-18;/h4-7,11,14H,8-10,17H2,1-3H3;1H.